The summed E-state index contributed by atoms with van der Waals surface area (Å²) in [7, 11) is 4.62. The predicted octanol–water partition coefficient (Wildman–Crippen LogP) is 1.42. The van der Waals surface area contributed by atoms with Crippen LogP contribution < -0.4 is 10.4 Å². The number of carbonyl (C=O) groups is 1. The molecule has 0 bridgehead atoms. The van der Waals surface area contributed by atoms with Gasteiger partial charge in [-0.2, -0.15) is 9.55 Å². The molecule has 2 heterocycles. The average Bonchev–Trinajstić information content (AvgIpc) is 2.86. The molecule has 9 heteroatoms. The minimum Gasteiger partial charge on any atom is -0.463 e. The molecule has 0 unspecified atom stereocenters. The molecular formula is C17H18FN5O3. The van der Waals surface area contributed by atoms with Crippen molar-refractivity contribution in [1.82, 2.24) is 24.0 Å². The van der Waals surface area contributed by atoms with E-state index in [0.717, 1.165) is 4.57 Å². The molecule has 0 N–H and O–H groups in total. The van der Waals surface area contributed by atoms with Crippen LogP contribution in [0.15, 0.2) is 35.3 Å². The number of fused-ring (bicyclic) bond motifs is 1. The molecule has 8 nitrogen and oxygen atoms in total. The van der Waals surface area contributed by atoms with E-state index in [4.69, 9.17) is 4.74 Å². The van der Waals surface area contributed by atoms with E-state index in [2.05, 4.69) is 9.97 Å². The fourth-order valence-electron chi connectivity index (χ4n) is 2.49. The fourth-order valence-corrected chi connectivity index (χ4v) is 2.49. The van der Waals surface area contributed by atoms with Crippen molar-refractivity contribution >= 4 is 17.2 Å². The Labute approximate surface area is 148 Å². The van der Waals surface area contributed by atoms with Crippen LogP contribution in [0.2, 0.25) is 0 Å². The van der Waals surface area contributed by atoms with Crippen molar-refractivity contribution in [3.05, 3.63) is 52.3 Å². The third kappa shape index (κ3) is 3.15. The number of rotatable bonds is 4. The summed E-state index contributed by atoms with van der Waals surface area (Å²) in [6, 6.07) is 5.92. The van der Waals surface area contributed by atoms with Crippen LogP contribution in [-0.2, 0) is 13.5 Å². The second-order valence-corrected chi connectivity index (χ2v) is 5.91. The standard InChI is InChI=1S/C17H18FN5O3/c1-21(2)16(24)23-14-13(22(3)17(23)25)10-19-15(20-14)26-9-8-11-6-4-5-7-12(11)18/h4-7,10H,8-9H2,1-3H3. The molecule has 0 saturated carbocycles. The SMILES string of the molecule is CN(C)C(=O)n1c(=O)n(C)c2cnc(OCCc3ccccc3F)nc21. The molecule has 1 amide bonds. The van der Waals surface area contributed by atoms with Gasteiger partial charge in [-0.05, 0) is 11.6 Å². The Balaban J connectivity index is 1.87. The molecule has 3 aromatic rings. The molecule has 26 heavy (non-hydrogen) atoms. The number of amides is 1. The van der Waals surface area contributed by atoms with Crippen molar-refractivity contribution in [2.45, 2.75) is 6.42 Å². The van der Waals surface area contributed by atoms with Gasteiger partial charge < -0.3 is 9.64 Å². The number of aryl methyl sites for hydroxylation is 1. The minimum atomic E-state index is -0.517. The average molecular weight is 359 g/mol. The summed E-state index contributed by atoms with van der Waals surface area (Å²) >= 11 is 0. The molecule has 3 rings (SSSR count). The summed E-state index contributed by atoms with van der Waals surface area (Å²) in [6.45, 7) is 0.158. The van der Waals surface area contributed by atoms with E-state index in [1.54, 1.807) is 32.3 Å². The van der Waals surface area contributed by atoms with Gasteiger partial charge in [0.05, 0.1) is 12.8 Å². The molecule has 0 aliphatic rings. The fraction of sp³-hybridized carbons (Fsp3) is 0.294. The second kappa shape index (κ2) is 6.95. The Kier molecular flexibility index (Phi) is 4.70. The lowest BCUT2D eigenvalue weighted by atomic mass is 10.1. The summed E-state index contributed by atoms with van der Waals surface area (Å²) in [5.41, 5.74) is 0.572. The molecule has 0 atom stereocenters. The summed E-state index contributed by atoms with van der Waals surface area (Å²) < 4.78 is 21.3. The Morgan fingerprint density at radius 2 is 2.04 bits per heavy atom. The Hall–Kier alpha value is -3.23. The first-order chi connectivity index (χ1) is 12.4. The predicted molar refractivity (Wildman–Crippen MR) is 92.8 cm³/mol. The lowest BCUT2D eigenvalue weighted by molar-refractivity contribution is 0.219. The van der Waals surface area contributed by atoms with Crippen molar-refractivity contribution in [2.75, 3.05) is 20.7 Å². The number of carbonyl (C=O) groups excluding carboxylic acids is 1. The Morgan fingerprint density at radius 3 is 2.73 bits per heavy atom. The number of imidazole rings is 1. The van der Waals surface area contributed by atoms with Gasteiger partial charge in [-0.1, -0.05) is 18.2 Å². The number of nitrogens with zero attached hydrogens (tertiary/aromatic N) is 5. The number of ether oxygens (including phenoxy) is 1. The van der Waals surface area contributed by atoms with Gasteiger partial charge in [-0.25, -0.2) is 19.0 Å². The zero-order valence-electron chi connectivity index (χ0n) is 14.6. The number of benzene rings is 1. The van der Waals surface area contributed by atoms with Crippen molar-refractivity contribution < 1.29 is 13.9 Å². The molecule has 1 aromatic carbocycles. The van der Waals surface area contributed by atoms with Gasteiger partial charge in [0.25, 0.3) is 0 Å². The van der Waals surface area contributed by atoms with Crippen LogP contribution in [0.25, 0.3) is 11.2 Å². The molecule has 2 aromatic heterocycles. The summed E-state index contributed by atoms with van der Waals surface area (Å²) in [5, 5.41) is 0. The monoisotopic (exact) mass is 359 g/mol. The third-order valence-electron chi connectivity index (χ3n) is 3.91. The maximum atomic E-state index is 13.6. The highest BCUT2D eigenvalue weighted by molar-refractivity contribution is 5.86. The molecule has 0 aliphatic carbocycles. The Bertz CT molecular complexity index is 1020. The molecule has 0 aliphatic heterocycles. The number of hydrogen-bond donors (Lipinski definition) is 0. The van der Waals surface area contributed by atoms with Gasteiger partial charge in [-0.15, -0.1) is 0 Å². The van der Waals surface area contributed by atoms with Crippen molar-refractivity contribution in [3.8, 4) is 6.01 Å². The first-order valence-corrected chi connectivity index (χ1v) is 7.92. The molecular weight excluding hydrogens is 341 g/mol. The highest BCUT2D eigenvalue weighted by Crippen LogP contribution is 2.14. The third-order valence-corrected chi connectivity index (χ3v) is 3.91. The van der Waals surface area contributed by atoms with E-state index in [0.29, 0.717) is 17.5 Å². The highest BCUT2D eigenvalue weighted by Gasteiger charge is 2.20. The van der Waals surface area contributed by atoms with Gasteiger partial charge in [-0.3, -0.25) is 4.57 Å². The van der Waals surface area contributed by atoms with E-state index in [1.165, 1.54) is 28.8 Å². The van der Waals surface area contributed by atoms with Crippen LogP contribution in [0.4, 0.5) is 9.18 Å². The van der Waals surface area contributed by atoms with Crippen LogP contribution >= 0.6 is 0 Å². The first kappa shape index (κ1) is 17.6. The van der Waals surface area contributed by atoms with Crippen molar-refractivity contribution in [1.29, 1.82) is 0 Å². The Morgan fingerprint density at radius 1 is 1.31 bits per heavy atom. The van der Waals surface area contributed by atoms with E-state index in [1.807, 2.05) is 0 Å². The largest absolute Gasteiger partial charge is 0.463 e. The number of hydrogen-bond acceptors (Lipinski definition) is 5. The normalized spacial score (nSPS) is 10.9. The molecule has 0 spiro atoms. The van der Waals surface area contributed by atoms with Crippen LogP contribution in [0, 0.1) is 5.82 Å². The summed E-state index contributed by atoms with van der Waals surface area (Å²) in [4.78, 5) is 34.1. The first-order valence-electron chi connectivity index (χ1n) is 7.92. The summed E-state index contributed by atoms with van der Waals surface area (Å²) in [6.07, 6.45) is 1.76. The van der Waals surface area contributed by atoms with Crippen LogP contribution in [-0.4, -0.2) is 50.7 Å². The van der Waals surface area contributed by atoms with Gasteiger partial charge in [0.1, 0.15) is 11.3 Å². The molecule has 0 radical (unpaired) electrons. The molecule has 0 saturated heterocycles. The lowest BCUT2D eigenvalue weighted by Gasteiger charge is -2.10. The van der Waals surface area contributed by atoms with E-state index < -0.39 is 11.7 Å². The maximum Gasteiger partial charge on any atom is 0.338 e. The topological polar surface area (TPSA) is 82.2 Å². The summed E-state index contributed by atoms with van der Waals surface area (Å²) in [5.74, 6) is -0.305. The van der Waals surface area contributed by atoms with Crippen LogP contribution in [0.3, 0.4) is 0 Å². The van der Waals surface area contributed by atoms with Gasteiger partial charge in [0, 0.05) is 27.6 Å². The second-order valence-electron chi connectivity index (χ2n) is 5.91. The van der Waals surface area contributed by atoms with Gasteiger partial charge >= 0.3 is 17.7 Å². The van der Waals surface area contributed by atoms with Crippen LogP contribution in [0.5, 0.6) is 6.01 Å². The minimum absolute atomic E-state index is 0.0137. The van der Waals surface area contributed by atoms with E-state index >= 15 is 0 Å². The molecule has 136 valence electrons. The van der Waals surface area contributed by atoms with Crippen LogP contribution in [0.1, 0.15) is 5.56 Å². The molecule has 0 fully saturated rings. The van der Waals surface area contributed by atoms with E-state index in [-0.39, 0.29) is 24.1 Å². The number of halogens is 1. The lowest BCUT2D eigenvalue weighted by Crippen LogP contribution is -2.35. The zero-order chi connectivity index (χ0) is 18.8. The highest BCUT2D eigenvalue weighted by atomic mass is 19.1. The van der Waals surface area contributed by atoms with E-state index in [9.17, 15) is 14.0 Å². The zero-order valence-corrected chi connectivity index (χ0v) is 14.6. The quantitative estimate of drug-likeness (QED) is 0.704. The maximum absolute atomic E-state index is 13.6. The number of aromatic nitrogens is 4. The van der Waals surface area contributed by atoms with Crippen molar-refractivity contribution in [2.24, 2.45) is 7.05 Å². The smallest absolute Gasteiger partial charge is 0.338 e. The van der Waals surface area contributed by atoms with Crippen molar-refractivity contribution in [3.63, 3.8) is 0 Å². The van der Waals surface area contributed by atoms with Gasteiger partial charge in [0.15, 0.2) is 5.65 Å². The van der Waals surface area contributed by atoms with Gasteiger partial charge in [0.2, 0.25) is 0 Å².